The van der Waals surface area contributed by atoms with Gasteiger partial charge in [-0.2, -0.15) is 0 Å². The van der Waals surface area contributed by atoms with Crippen molar-refractivity contribution in [2.75, 3.05) is 4.90 Å². The van der Waals surface area contributed by atoms with E-state index in [1.54, 1.807) is 42.5 Å². The molecule has 0 spiro atoms. The summed E-state index contributed by atoms with van der Waals surface area (Å²) < 4.78 is 160. The van der Waals surface area contributed by atoms with E-state index < -0.39 is 136 Å². The van der Waals surface area contributed by atoms with E-state index in [2.05, 4.69) is 0 Å². The van der Waals surface area contributed by atoms with Crippen LogP contribution < -0.4 is 4.90 Å². The minimum atomic E-state index is -0.878. The summed E-state index contributed by atoms with van der Waals surface area (Å²) >= 11 is 0. The molecular weight excluding hydrogens is 703 g/mol. The van der Waals surface area contributed by atoms with Gasteiger partial charge < -0.3 is 9.32 Å². The third-order valence-electron chi connectivity index (χ3n) is 10.2. The standard InChI is InChI=1S/C56H37NO/c1-2-9-38(10-3-1)40-17-19-41(20-18-40)42-23-30-48(31-24-42)57(49-32-25-43(26-33-49)47-22-21-39-11-4-5-13-46(39)37-47)50-34-27-45(28-35-50)51-15-8-16-54-55(51)53-36-29-44-12-6-7-14-52(44)56(53)58-54/h1-37H/i1D,2D,3D,9D,10D,17D,18D,19D,20D,23D,24D,25D,26D,30D,31D,32D,33D. The fourth-order valence-electron chi connectivity index (χ4n) is 7.34. The molecule has 0 saturated heterocycles. The second kappa shape index (κ2) is 14.1. The van der Waals surface area contributed by atoms with Crippen LogP contribution in [0, 0.1) is 0 Å². The normalized spacial score (nSPS) is 15.6. The molecule has 0 N–H and O–H groups in total. The van der Waals surface area contributed by atoms with E-state index in [0.29, 0.717) is 22.3 Å². The van der Waals surface area contributed by atoms with Gasteiger partial charge in [-0.25, -0.2) is 0 Å². The molecule has 1 heterocycles. The lowest BCUT2D eigenvalue weighted by Crippen LogP contribution is -2.09. The van der Waals surface area contributed by atoms with Crippen LogP contribution in [0.2, 0.25) is 0 Å². The van der Waals surface area contributed by atoms with Gasteiger partial charge in [0.2, 0.25) is 0 Å². The van der Waals surface area contributed by atoms with E-state index in [1.165, 1.54) is 0 Å². The summed E-state index contributed by atoms with van der Waals surface area (Å²) in [6.45, 7) is 0. The summed E-state index contributed by atoms with van der Waals surface area (Å²) in [6.07, 6.45) is 0. The van der Waals surface area contributed by atoms with Crippen molar-refractivity contribution in [1.29, 1.82) is 0 Å². The minimum absolute atomic E-state index is 0.0201. The van der Waals surface area contributed by atoms with Gasteiger partial charge in [-0.3, -0.25) is 0 Å². The van der Waals surface area contributed by atoms with Crippen molar-refractivity contribution >= 4 is 60.5 Å². The molecular formula is C56H37NO. The van der Waals surface area contributed by atoms with Gasteiger partial charge >= 0.3 is 0 Å². The lowest BCUT2D eigenvalue weighted by Gasteiger charge is -2.26. The molecule has 58 heavy (non-hydrogen) atoms. The largest absolute Gasteiger partial charge is 0.455 e. The summed E-state index contributed by atoms with van der Waals surface area (Å²) in [5.41, 5.74) is -0.204. The highest BCUT2D eigenvalue weighted by atomic mass is 16.3. The molecule has 0 amide bonds. The molecule has 0 aliphatic carbocycles. The Labute approximate surface area is 361 Å². The summed E-state index contributed by atoms with van der Waals surface area (Å²) in [4.78, 5) is 1.12. The van der Waals surface area contributed by atoms with Crippen molar-refractivity contribution in [1.82, 2.24) is 0 Å². The fourth-order valence-corrected chi connectivity index (χ4v) is 7.34. The van der Waals surface area contributed by atoms with Crippen LogP contribution in [0.15, 0.2) is 228 Å². The van der Waals surface area contributed by atoms with Crippen LogP contribution >= 0.6 is 0 Å². The second-order valence-corrected chi connectivity index (χ2v) is 13.6. The number of hydrogen-bond acceptors (Lipinski definition) is 2. The van der Waals surface area contributed by atoms with Gasteiger partial charge in [0.1, 0.15) is 11.2 Å². The first kappa shape index (κ1) is 20.5. The predicted octanol–water partition coefficient (Wildman–Crippen LogP) is 16.0. The molecule has 0 bridgehead atoms. The first-order valence-electron chi connectivity index (χ1n) is 26.9. The van der Waals surface area contributed by atoms with Crippen molar-refractivity contribution in [3.63, 3.8) is 0 Å². The van der Waals surface area contributed by atoms with Crippen LogP contribution in [0.3, 0.4) is 0 Å². The summed E-state index contributed by atoms with van der Waals surface area (Å²) in [5.74, 6) is 0. The van der Waals surface area contributed by atoms with Crippen LogP contribution in [-0.2, 0) is 0 Å². The van der Waals surface area contributed by atoms with Crippen molar-refractivity contribution in [3.05, 3.63) is 224 Å². The van der Waals surface area contributed by atoms with Crippen LogP contribution in [-0.4, -0.2) is 0 Å². The molecule has 11 rings (SSSR count). The Balaban J connectivity index is 1.13. The molecule has 10 aromatic carbocycles. The number of benzene rings is 10. The highest BCUT2D eigenvalue weighted by molar-refractivity contribution is 6.19. The molecule has 0 unspecified atom stereocenters. The number of nitrogens with zero attached hydrogens (tertiary/aromatic N) is 1. The third kappa shape index (κ3) is 6.00. The molecule has 0 fully saturated rings. The Morgan fingerprint density at radius 3 is 1.60 bits per heavy atom. The average Bonchev–Trinajstić information content (AvgIpc) is 3.83. The molecule has 0 aliphatic rings. The van der Waals surface area contributed by atoms with Gasteiger partial charge in [-0.05, 0) is 115 Å². The first-order valence-corrected chi connectivity index (χ1v) is 18.4. The quantitative estimate of drug-likeness (QED) is 0.161. The number of hydrogen-bond donors (Lipinski definition) is 0. The van der Waals surface area contributed by atoms with Crippen molar-refractivity contribution < 1.29 is 27.7 Å². The average molecular weight is 757 g/mol. The fraction of sp³-hybridized carbons (Fsp3) is 0. The molecule has 11 aromatic rings. The topological polar surface area (TPSA) is 16.4 Å². The molecule has 0 saturated carbocycles. The maximum Gasteiger partial charge on any atom is 0.143 e. The van der Waals surface area contributed by atoms with E-state index in [0.717, 1.165) is 42.8 Å². The highest BCUT2D eigenvalue weighted by Gasteiger charge is 2.17. The monoisotopic (exact) mass is 756 g/mol. The van der Waals surface area contributed by atoms with Gasteiger partial charge in [-0.15, -0.1) is 0 Å². The number of fused-ring (bicyclic) bond motifs is 6. The van der Waals surface area contributed by atoms with Crippen molar-refractivity contribution in [3.8, 4) is 44.5 Å². The molecule has 0 aliphatic heterocycles. The van der Waals surface area contributed by atoms with Gasteiger partial charge in [0, 0.05) is 33.2 Å². The molecule has 0 atom stereocenters. The number of rotatable bonds is 7. The Kier molecular flexibility index (Phi) is 4.98. The maximum absolute atomic E-state index is 9.60. The van der Waals surface area contributed by atoms with Crippen LogP contribution in [0.1, 0.15) is 23.3 Å². The van der Waals surface area contributed by atoms with Crippen molar-refractivity contribution in [2.24, 2.45) is 0 Å². The molecule has 2 heteroatoms. The smallest absolute Gasteiger partial charge is 0.143 e. The second-order valence-electron chi connectivity index (χ2n) is 13.6. The predicted molar refractivity (Wildman–Crippen MR) is 245 cm³/mol. The lowest BCUT2D eigenvalue weighted by molar-refractivity contribution is 0.673. The SMILES string of the molecule is [2H]c1c([2H])c([2H])c(-c2c([2H])c([2H])c(-c3c([2H])c([2H])c(N(c4ccc(-c5cccc6oc7c8ccccc8ccc7c56)cc4)c4c([2H])c([2H])c(-c5ccc6ccccc6c5)c([2H])c4[2H])c([2H])c3[2H])c([2H])c2[2H])c([2H])c1[2H]. The summed E-state index contributed by atoms with van der Waals surface area (Å²) in [7, 11) is 0. The van der Waals surface area contributed by atoms with Crippen LogP contribution in [0.25, 0.3) is 88.0 Å². The molecule has 1 aromatic heterocycles. The zero-order valence-electron chi connectivity index (χ0n) is 47.4. The van der Waals surface area contributed by atoms with Crippen LogP contribution in [0.4, 0.5) is 17.1 Å². The highest BCUT2D eigenvalue weighted by Crippen LogP contribution is 2.42. The van der Waals surface area contributed by atoms with Gasteiger partial charge in [-0.1, -0.05) is 170 Å². The minimum Gasteiger partial charge on any atom is -0.455 e. The Hall–Kier alpha value is -7.68. The molecule has 0 radical (unpaired) electrons. The Bertz CT molecular complexity index is 4170. The Morgan fingerprint density at radius 2 is 0.914 bits per heavy atom. The zero-order valence-corrected chi connectivity index (χ0v) is 30.4. The lowest BCUT2D eigenvalue weighted by atomic mass is 9.97. The van der Waals surface area contributed by atoms with E-state index in [-0.39, 0.29) is 11.3 Å². The third-order valence-corrected chi connectivity index (χ3v) is 10.2. The van der Waals surface area contributed by atoms with E-state index in [1.807, 2.05) is 78.9 Å². The molecule has 2 nitrogen and oxygen atoms in total. The van der Waals surface area contributed by atoms with E-state index in [9.17, 15) is 11.0 Å². The van der Waals surface area contributed by atoms with E-state index in [4.69, 9.17) is 16.8 Å². The van der Waals surface area contributed by atoms with Crippen molar-refractivity contribution in [2.45, 2.75) is 0 Å². The van der Waals surface area contributed by atoms with Gasteiger partial charge in [0.15, 0.2) is 0 Å². The van der Waals surface area contributed by atoms with Gasteiger partial charge in [0.05, 0.1) is 23.3 Å². The zero-order chi connectivity index (χ0) is 53.2. The van der Waals surface area contributed by atoms with E-state index >= 15 is 0 Å². The summed E-state index contributed by atoms with van der Waals surface area (Å²) in [5, 5.41) is 5.32. The van der Waals surface area contributed by atoms with Crippen LogP contribution in [0.5, 0.6) is 0 Å². The maximum atomic E-state index is 9.60. The van der Waals surface area contributed by atoms with Gasteiger partial charge in [0.25, 0.3) is 0 Å². The molecule has 272 valence electrons. The Morgan fingerprint density at radius 1 is 0.362 bits per heavy atom. The number of anilines is 3. The number of furan rings is 1. The first-order chi connectivity index (χ1) is 35.8. The summed E-state index contributed by atoms with van der Waals surface area (Å²) in [6, 6.07) is 24.2.